The van der Waals surface area contributed by atoms with Crippen LogP contribution < -0.4 is 10.6 Å². The molecule has 0 saturated heterocycles. The number of rotatable bonds is 11. The lowest BCUT2D eigenvalue weighted by Gasteiger charge is -2.36. The molecule has 0 saturated carbocycles. The molecule has 0 heterocycles. The van der Waals surface area contributed by atoms with Gasteiger partial charge in [0.2, 0.25) is 0 Å². The SMILES string of the molecule is COC(=O)CCCN(CCCN(C(N)=O)c1ccc(C(=O)O)cc1)C1CCCc2ccccc21. The Morgan fingerprint density at radius 3 is 2.41 bits per heavy atom. The number of urea groups is 1. The number of nitrogens with two attached hydrogens (primary N) is 1. The molecule has 2 amide bonds. The van der Waals surface area contributed by atoms with E-state index in [0.717, 1.165) is 32.4 Å². The molecule has 2 aromatic carbocycles. The summed E-state index contributed by atoms with van der Waals surface area (Å²) in [4.78, 5) is 38.7. The molecule has 3 rings (SSSR count). The maximum absolute atomic E-state index is 12.1. The number of carbonyl (C=O) groups is 3. The summed E-state index contributed by atoms with van der Waals surface area (Å²) in [5.74, 6) is -1.23. The molecule has 1 atom stereocenters. The molecule has 0 fully saturated rings. The summed E-state index contributed by atoms with van der Waals surface area (Å²) >= 11 is 0. The molecule has 0 bridgehead atoms. The van der Waals surface area contributed by atoms with Gasteiger partial charge in [0.1, 0.15) is 0 Å². The molecular formula is C26H33N3O5. The number of benzene rings is 2. The quantitative estimate of drug-likeness (QED) is 0.483. The van der Waals surface area contributed by atoms with Gasteiger partial charge in [-0.25, -0.2) is 9.59 Å². The number of ether oxygens (including phenoxy) is 1. The third-order valence-electron chi connectivity index (χ3n) is 6.35. The van der Waals surface area contributed by atoms with E-state index in [-0.39, 0.29) is 17.6 Å². The Labute approximate surface area is 200 Å². The van der Waals surface area contributed by atoms with Crippen LogP contribution in [0.4, 0.5) is 10.5 Å². The second-order valence-corrected chi connectivity index (χ2v) is 8.52. The maximum Gasteiger partial charge on any atom is 0.335 e. The van der Waals surface area contributed by atoms with Crippen molar-refractivity contribution in [3.05, 3.63) is 65.2 Å². The first-order chi connectivity index (χ1) is 16.4. The van der Waals surface area contributed by atoms with E-state index in [1.54, 1.807) is 12.1 Å². The molecule has 8 nitrogen and oxygen atoms in total. The number of aryl methyl sites for hydroxylation is 1. The summed E-state index contributed by atoms with van der Waals surface area (Å²) in [5.41, 5.74) is 9.05. The van der Waals surface area contributed by atoms with Crippen molar-refractivity contribution < 1.29 is 24.2 Å². The minimum absolute atomic E-state index is 0.154. The number of carboxylic acid groups (broad SMARTS) is 1. The van der Waals surface area contributed by atoms with Gasteiger partial charge in [0.05, 0.1) is 12.7 Å². The Hall–Kier alpha value is -3.39. The summed E-state index contributed by atoms with van der Waals surface area (Å²) in [7, 11) is 1.40. The fourth-order valence-corrected chi connectivity index (χ4v) is 4.64. The topological polar surface area (TPSA) is 113 Å². The van der Waals surface area contributed by atoms with E-state index in [1.165, 1.54) is 35.3 Å². The van der Waals surface area contributed by atoms with E-state index in [1.807, 2.05) is 0 Å². The van der Waals surface area contributed by atoms with Crippen LogP contribution in [0.15, 0.2) is 48.5 Å². The summed E-state index contributed by atoms with van der Waals surface area (Å²) in [6, 6.07) is 14.3. The number of primary amides is 1. The third kappa shape index (κ3) is 6.57. The molecule has 0 radical (unpaired) electrons. The van der Waals surface area contributed by atoms with Crippen molar-refractivity contribution in [1.29, 1.82) is 0 Å². The molecule has 182 valence electrons. The van der Waals surface area contributed by atoms with Crippen LogP contribution in [0.2, 0.25) is 0 Å². The lowest BCUT2D eigenvalue weighted by Crippen LogP contribution is -2.39. The van der Waals surface area contributed by atoms with Gasteiger partial charge in [-0.05, 0) is 74.0 Å². The first-order valence-electron chi connectivity index (χ1n) is 11.7. The smallest absolute Gasteiger partial charge is 0.335 e. The number of carboxylic acids is 1. The van der Waals surface area contributed by atoms with Crippen molar-refractivity contribution in [2.45, 2.75) is 44.6 Å². The maximum atomic E-state index is 12.1. The van der Waals surface area contributed by atoms with Crippen LogP contribution in [0.1, 0.15) is 59.6 Å². The number of anilines is 1. The number of methoxy groups -OCH3 is 1. The van der Waals surface area contributed by atoms with Crippen LogP contribution in [-0.4, -0.2) is 54.7 Å². The minimum Gasteiger partial charge on any atom is -0.478 e. The van der Waals surface area contributed by atoms with Crippen molar-refractivity contribution in [2.24, 2.45) is 5.73 Å². The van der Waals surface area contributed by atoms with E-state index >= 15 is 0 Å². The molecule has 3 N–H and O–H groups in total. The average Bonchev–Trinajstić information content (AvgIpc) is 2.85. The van der Waals surface area contributed by atoms with E-state index in [2.05, 4.69) is 29.2 Å². The number of aromatic carboxylic acids is 1. The largest absolute Gasteiger partial charge is 0.478 e. The lowest BCUT2D eigenvalue weighted by molar-refractivity contribution is -0.140. The second kappa shape index (κ2) is 12.2. The second-order valence-electron chi connectivity index (χ2n) is 8.52. The molecule has 1 unspecified atom stereocenters. The van der Waals surface area contributed by atoms with Gasteiger partial charge >= 0.3 is 18.0 Å². The zero-order valence-corrected chi connectivity index (χ0v) is 19.6. The highest BCUT2D eigenvalue weighted by molar-refractivity contribution is 5.92. The highest BCUT2D eigenvalue weighted by Gasteiger charge is 2.26. The van der Waals surface area contributed by atoms with Gasteiger partial charge in [-0.3, -0.25) is 14.6 Å². The van der Waals surface area contributed by atoms with Crippen LogP contribution in [0, 0.1) is 0 Å². The molecule has 2 aromatic rings. The van der Waals surface area contributed by atoms with Crippen LogP contribution in [0.25, 0.3) is 0 Å². The van der Waals surface area contributed by atoms with Gasteiger partial charge in [-0.1, -0.05) is 24.3 Å². The van der Waals surface area contributed by atoms with Gasteiger partial charge in [0.25, 0.3) is 0 Å². The molecule has 0 aromatic heterocycles. The Bertz CT molecular complexity index is 992. The predicted octanol–water partition coefficient (Wildman–Crippen LogP) is 3.99. The highest BCUT2D eigenvalue weighted by atomic mass is 16.5. The highest BCUT2D eigenvalue weighted by Crippen LogP contribution is 2.34. The monoisotopic (exact) mass is 467 g/mol. The zero-order valence-electron chi connectivity index (χ0n) is 19.6. The molecule has 34 heavy (non-hydrogen) atoms. The summed E-state index contributed by atoms with van der Waals surface area (Å²) in [6.45, 7) is 1.89. The molecule has 0 aliphatic heterocycles. The Kier molecular flexibility index (Phi) is 9.04. The van der Waals surface area contributed by atoms with Crippen LogP contribution >= 0.6 is 0 Å². The third-order valence-corrected chi connectivity index (χ3v) is 6.35. The number of hydrogen-bond acceptors (Lipinski definition) is 5. The Morgan fingerprint density at radius 2 is 1.74 bits per heavy atom. The Balaban J connectivity index is 1.69. The predicted molar refractivity (Wildman–Crippen MR) is 130 cm³/mol. The van der Waals surface area contributed by atoms with Crippen molar-refractivity contribution in [1.82, 2.24) is 4.90 Å². The molecular weight excluding hydrogens is 434 g/mol. The number of hydrogen-bond donors (Lipinski definition) is 2. The number of fused-ring (bicyclic) bond motifs is 1. The van der Waals surface area contributed by atoms with E-state index in [9.17, 15) is 14.4 Å². The zero-order chi connectivity index (χ0) is 24.5. The first-order valence-corrected chi connectivity index (χ1v) is 11.7. The molecule has 1 aliphatic rings. The van der Waals surface area contributed by atoms with Gasteiger partial charge in [-0.15, -0.1) is 0 Å². The van der Waals surface area contributed by atoms with Crippen molar-refractivity contribution in [3.8, 4) is 0 Å². The van der Waals surface area contributed by atoms with E-state index < -0.39 is 12.0 Å². The van der Waals surface area contributed by atoms with Gasteiger partial charge < -0.3 is 15.6 Å². The number of nitrogens with zero attached hydrogens (tertiary/aromatic N) is 2. The number of esters is 1. The Morgan fingerprint density at radius 1 is 1.03 bits per heavy atom. The standard InChI is InChI=1S/C26H33N3O5/c1-34-24(30)11-5-16-28(23-10-4-8-19-7-2-3-9-22(19)23)17-6-18-29(26(27)33)21-14-12-20(13-15-21)25(31)32/h2-3,7,9,12-15,23H,4-6,8,10-11,16-18H2,1H3,(H2,27,33)(H,31,32). The number of carbonyl (C=O) groups excluding carboxylic acids is 2. The summed E-state index contributed by atoms with van der Waals surface area (Å²) in [6.07, 6.45) is 4.97. The van der Waals surface area contributed by atoms with Crippen molar-refractivity contribution >= 4 is 23.7 Å². The molecule has 1 aliphatic carbocycles. The van der Waals surface area contributed by atoms with E-state index in [0.29, 0.717) is 31.5 Å². The normalized spacial score (nSPS) is 14.9. The fourth-order valence-electron chi connectivity index (χ4n) is 4.64. The lowest BCUT2D eigenvalue weighted by atomic mass is 9.86. The van der Waals surface area contributed by atoms with Crippen LogP contribution in [-0.2, 0) is 16.0 Å². The van der Waals surface area contributed by atoms with Crippen LogP contribution in [0.5, 0.6) is 0 Å². The van der Waals surface area contributed by atoms with Gasteiger partial charge in [0.15, 0.2) is 0 Å². The van der Waals surface area contributed by atoms with Crippen molar-refractivity contribution in [2.75, 3.05) is 31.6 Å². The summed E-state index contributed by atoms with van der Waals surface area (Å²) in [5, 5.41) is 9.10. The molecule has 0 spiro atoms. The van der Waals surface area contributed by atoms with E-state index in [4.69, 9.17) is 15.6 Å². The van der Waals surface area contributed by atoms with Gasteiger partial charge in [0, 0.05) is 31.2 Å². The number of amides is 2. The minimum atomic E-state index is -1.02. The molecule has 8 heteroatoms. The van der Waals surface area contributed by atoms with Crippen LogP contribution in [0.3, 0.4) is 0 Å². The first kappa shape index (κ1) is 25.2. The van der Waals surface area contributed by atoms with Crippen molar-refractivity contribution in [3.63, 3.8) is 0 Å². The fraction of sp³-hybridized carbons (Fsp3) is 0.423. The average molecular weight is 468 g/mol. The van der Waals surface area contributed by atoms with Gasteiger partial charge in [-0.2, -0.15) is 0 Å². The summed E-state index contributed by atoms with van der Waals surface area (Å²) < 4.78 is 4.79.